The molecule has 3 aromatic rings. The Morgan fingerprint density at radius 2 is 1.81 bits per heavy atom. The molecule has 4 rings (SSSR count). The van der Waals surface area contributed by atoms with Crippen molar-refractivity contribution in [3.8, 4) is 0 Å². The van der Waals surface area contributed by atoms with Crippen molar-refractivity contribution in [3.63, 3.8) is 0 Å². The summed E-state index contributed by atoms with van der Waals surface area (Å²) in [4.78, 5) is 26.8. The summed E-state index contributed by atoms with van der Waals surface area (Å²) in [5, 5.41) is 2.67. The van der Waals surface area contributed by atoms with Gasteiger partial charge in [-0.15, -0.1) is 11.3 Å². The Morgan fingerprint density at radius 3 is 2.42 bits per heavy atom. The van der Waals surface area contributed by atoms with Gasteiger partial charge in [0.05, 0.1) is 25.9 Å². The van der Waals surface area contributed by atoms with E-state index in [0.29, 0.717) is 13.1 Å². The average molecular weight is 407 g/mol. The third-order valence-electron chi connectivity index (χ3n) is 4.62. The van der Waals surface area contributed by atoms with Gasteiger partial charge in [0, 0.05) is 26.2 Å². The molecule has 0 radical (unpaired) electrons. The summed E-state index contributed by atoms with van der Waals surface area (Å²) >= 11 is 9.43. The summed E-state index contributed by atoms with van der Waals surface area (Å²) in [7, 11) is 0. The summed E-state index contributed by atoms with van der Waals surface area (Å²) in [5.41, 5.74) is 2.94. The molecule has 3 heterocycles. The molecule has 1 saturated heterocycles. The maximum Gasteiger partial charge on any atom is 0.265 e. The Balaban J connectivity index is 1.50. The van der Waals surface area contributed by atoms with Crippen LogP contribution in [0.5, 0.6) is 0 Å². The molecule has 2 aromatic heterocycles. The number of thiazole rings is 2. The summed E-state index contributed by atoms with van der Waals surface area (Å²) in [6.07, 6.45) is 0. The number of fused-ring (bicyclic) bond motifs is 1. The van der Waals surface area contributed by atoms with Gasteiger partial charge >= 0.3 is 0 Å². The second-order valence-corrected chi connectivity index (χ2v) is 9.05. The molecule has 1 fully saturated rings. The molecule has 1 amide bonds. The number of carbonyl (C=O) groups excluding carboxylic acids is 1. The number of aromatic nitrogens is 2. The first kappa shape index (κ1) is 17.7. The van der Waals surface area contributed by atoms with Gasteiger partial charge in [-0.3, -0.25) is 4.79 Å². The van der Waals surface area contributed by atoms with Gasteiger partial charge in [0.15, 0.2) is 5.13 Å². The van der Waals surface area contributed by atoms with Crippen LogP contribution in [0.4, 0.5) is 5.13 Å². The van der Waals surface area contributed by atoms with Crippen LogP contribution < -0.4 is 4.90 Å². The Hall–Kier alpha value is -1.70. The minimum absolute atomic E-state index is 0.0935. The summed E-state index contributed by atoms with van der Waals surface area (Å²) in [6.45, 7) is 8.83. The van der Waals surface area contributed by atoms with E-state index < -0.39 is 0 Å². The van der Waals surface area contributed by atoms with Gasteiger partial charge in [-0.2, -0.15) is 0 Å². The van der Waals surface area contributed by atoms with Gasteiger partial charge in [-0.1, -0.05) is 29.0 Å². The molecule has 0 aliphatic carbocycles. The molecule has 0 atom stereocenters. The maximum atomic E-state index is 12.8. The third-order valence-corrected chi connectivity index (χ3v) is 7.26. The molecule has 0 bridgehead atoms. The first-order valence-corrected chi connectivity index (χ1v) is 10.5. The molecule has 0 N–H and O–H groups in total. The van der Waals surface area contributed by atoms with Crippen LogP contribution in [0.1, 0.15) is 25.9 Å². The molecular formula is C18H19ClN4OS2. The van der Waals surface area contributed by atoms with E-state index in [0.717, 1.165) is 54.6 Å². The maximum absolute atomic E-state index is 12.8. The Labute approximate surface area is 165 Å². The van der Waals surface area contributed by atoms with E-state index in [1.807, 2.05) is 30.9 Å². The number of amides is 1. The summed E-state index contributed by atoms with van der Waals surface area (Å²) < 4.78 is 1.04. The van der Waals surface area contributed by atoms with Gasteiger partial charge in [0.25, 0.3) is 5.91 Å². The van der Waals surface area contributed by atoms with Gasteiger partial charge in [0.1, 0.15) is 4.88 Å². The van der Waals surface area contributed by atoms with E-state index in [9.17, 15) is 4.79 Å². The minimum atomic E-state index is 0.0935. The summed E-state index contributed by atoms with van der Waals surface area (Å²) in [6, 6.07) is 3.93. The van der Waals surface area contributed by atoms with E-state index in [1.54, 1.807) is 11.3 Å². The van der Waals surface area contributed by atoms with Crippen molar-refractivity contribution >= 4 is 55.5 Å². The predicted octanol–water partition coefficient (Wildman–Crippen LogP) is 4.29. The lowest BCUT2D eigenvalue weighted by Gasteiger charge is -2.34. The van der Waals surface area contributed by atoms with Crippen molar-refractivity contribution in [1.82, 2.24) is 14.9 Å². The quantitative estimate of drug-likeness (QED) is 0.636. The van der Waals surface area contributed by atoms with E-state index >= 15 is 0 Å². The van der Waals surface area contributed by atoms with Crippen molar-refractivity contribution in [1.29, 1.82) is 0 Å². The fourth-order valence-corrected chi connectivity index (χ4v) is 5.46. The molecule has 1 aliphatic heterocycles. The van der Waals surface area contributed by atoms with Crippen LogP contribution in [0.25, 0.3) is 10.2 Å². The normalized spacial score (nSPS) is 15.1. The van der Waals surface area contributed by atoms with Crippen molar-refractivity contribution in [2.75, 3.05) is 31.1 Å². The van der Waals surface area contributed by atoms with Gasteiger partial charge in [0.2, 0.25) is 0 Å². The van der Waals surface area contributed by atoms with Crippen LogP contribution in [0, 0.1) is 20.8 Å². The number of nitrogens with zero attached hydrogens (tertiary/aromatic N) is 4. The topological polar surface area (TPSA) is 49.3 Å². The molecule has 8 heteroatoms. The highest BCUT2D eigenvalue weighted by atomic mass is 35.5. The van der Waals surface area contributed by atoms with E-state index in [2.05, 4.69) is 16.8 Å². The highest BCUT2D eigenvalue weighted by Gasteiger charge is 2.26. The molecule has 0 saturated carbocycles. The first-order valence-electron chi connectivity index (χ1n) is 8.48. The number of aryl methyl sites for hydroxylation is 3. The largest absolute Gasteiger partial charge is 0.345 e. The Kier molecular flexibility index (Phi) is 4.62. The molecule has 1 aliphatic rings. The van der Waals surface area contributed by atoms with Crippen LogP contribution in [0.15, 0.2) is 12.1 Å². The standard InChI is InChI=1S/C18H19ClN4OS2/c1-10-4-5-13(19)16-14(10)21-18(26-16)23-8-6-22(7-9-23)17(24)15-11(2)20-12(3)25-15/h4-5H,6-9H2,1-3H3. The number of benzene rings is 1. The monoisotopic (exact) mass is 406 g/mol. The van der Waals surface area contributed by atoms with Crippen LogP contribution in [0.2, 0.25) is 5.02 Å². The number of hydrogen-bond acceptors (Lipinski definition) is 6. The Morgan fingerprint density at radius 1 is 1.08 bits per heavy atom. The minimum Gasteiger partial charge on any atom is -0.345 e. The van der Waals surface area contributed by atoms with Crippen molar-refractivity contribution in [3.05, 3.63) is 38.3 Å². The fourth-order valence-electron chi connectivity index (χ4n) is 3.20. The lowest BCUT2D eigenvalue weighted by atomic mass is 10.2. The lowest BCUT2D eigenvalue weighted by Crippen LogP contribution is -2.48. The second kappa shape index (κ2) is 6.79. The molecule has 0 spiro atoms. The highest BCUT2D eigenvalue weighted by Crippen LogP contribution is 2.36. The number of piperazine rings is 1. The zero-order valence-corrected chi connectivity index (χ0v) is 17.3. The van der Waals surface area contributed by atoms with E-state index in [-0.39, 0.29) is 5.91 Å². The van der Waals surface area contributed by atoms with Crippen molar-refractivity contribution in [2.24, 2.45) is 0 Å². The molecule has 26 heavy (non-hydrogen) atoms. The van der Waals surface area contributed by atoms with Crippen LogP contribution in [0.3, 0.4) is 0 Å². The highest BCUT2D eigenvalue weighted by molar-refractivity contribution is 7.22. The van der Waals surface area contributed by atoms with Gasteiger partial charge < -0.3 is 9.80 Å². The molecule has 5 nitrogen and oxygen atoms in total. The van der Waals surface area contributed by atoms with Gasteiger partial charge in [-0.25, -0.2) is 9.97 Å². The number of halogens is 1. The SMILES string of the molecule is Cc1nc(C)c(C(=O)N2CCN(c3nc4c(C)ccc(Cl)c4s3)CC2)s1. The average Bonchev–Trinajstić information content (AvgIpc) is 3.22. The number of carbonyl (C=O) groups is 1. The third kappa shape index (κ3) is 3.08. The summed E-state index contributed by atoms with van der Waals surface area (Å²) in [5.74, 6) is 0.0935. The smallest absolute Gasteiger partial charge is 0.265 e. The predicted molar refractivity (Wildman–Crippen MR) is 109 cm³/mol. The van der Waals surface area contributed by atoms with E-state index in [4.69, 9.17) is 16.6 Å². The zero-order valence-electron chi connectivity index (χ0n) is 14.9. The zero-order chi connectivity index (χ0) is 18.4. The number of anilines is 1. The molecule has 0 unspecified atom stereocenters. The van der Waals surface area contributed by atoms with Crippen LogP contribution >= 0.6 is 34.3 Å². The number of hydrogen-bond donors (Lipinski definition) is 0. The molecular weight excluding hydrogens is 388 g/mol. The van der Waals surface area contributed by atoms with Crippen molar-refractivity contribution < 1.29 is 4.79 Å². The van der Waals surface area contributed by atoms with Gasteiger partial charge in [-0.05, 0) is 32.4 Å². The lowest BCUT2D eigenvalue weighted by molar-refractivity contribution is 0.0750. The first-order chi connectivity index (χ1) is 12.4. The molecule has 1 aromatic carbocycles. The Bertz CT molecular complexity index is 950. The van der Waals surface area contributed by atoms with Crippen molar-refractivity contribution in [2.45, 2.75) is 20.8 Å². The molecule has 136 valence electrons. The van der Waals surface area contributed by atoms with Crippen LogP contribution in [-0.4, -0.2) is 47.0 Å². The van der Waals surface area contributed by atoms with Crippen LogP contribution in [-0.2, 0) is 0 Å². The number of rotatable bonds is 2. The van der Waals surface area contributed by atoms with E-state index in [1.165, 1.54) is 11.3 Å². The second-order valence-electron chi connectivity index (χ2n) is 6.47. The fraction of sp³-hybridized carbons (Fsp3) is 0.389.